The summed E-state index contributed by atoms with van der Waals surface area (Å²) in [5.41, 5.74) is 4.38. The van der Waals surface area contributed by atoms with E-state index in [0.717, 1.165) is 34.1 Å². The van der Waals surface area contributed by atoms with Gasteiger partial charge in [-0.1, -0.05) is 0 Å². The SMILES string of the molecule is Cc1[nH]c2c(C)cc(C(=O)O)cc2c1CCCO. The van der Waals surface area contributed by atoms with Crippen molar-refractivity contribution in [2.45, 2.75) is 26.7 Å². The van der Waals surface area contributed by atoms with E-state index in [1.54, 1.807) is 12.1 Å². The summed E-state index contributed by atoms with van der Waals surface area (Å²) in [5, 5.41) is 19.0. The second-order valence-electron chi connectivity index (χ2n) is 4.58. The minimum absolute atomic E-state index is 0.143. The first-order valence-electron chi connectivity index (χ1n) is 6.00. The summed E-state index contributed by atoms with van der Waals surface area (Å²) in [4.78, 5) is 14.4. The quantitative estimate of drug-likeness (QED) is 0.776. The van der Waals surface area contributed by atoms with E-state index in [-0.39, 0.29) is 6.61 Å². The van der Waals surface area contributed by atoms with Crippen LogP contribution >= 0.6 is 0 Å². The van der Waals surface area contributed by atoms with E-state index in [1.807, 2.05) is 13.8 Å². The fourth-order valence-corrected chi connectivity index (χ4v) is 2.36. The number of aromatic nitrogens is 1. The molecule has 18 heavy (non-hydrogen) atoms. The van der Waals surface area contributed by atoms with Crippen LogP contribution in [-0.2, 0) is 6.42 Å². The van der Waals surface area contributed by atoms with Crippen LogP contribution in [0.1, 0.15) is 33.6 Å². The van der Waals surface area contributed by atoms with Crippen molar-refractivity contribution in [3.63, 3.8) is 0 Å². The number of fused-ring (bicyclic) bond motifs is 1. The van der Waals surface area contributed by atoms with Crippen molar-refractivity contribution in [3.8, 4) is 0 Å². The first-order chi connectivity index (χ1) is 8.54. The smallest absolute Gasteiger partial charge is 0.335 e. The lowest BCUT2D eigenvalue weighted by Crippen LogP contribution is -1.97. The minimum Gasteiger partial charge on any atom is -0.478 e. The van der Waals surface area contributed by atoms with Crippen LogP contribution < -0.4 is 0 Å². The highest BCUT2D eigenvalue weighted by Crippen LogP contribution is 2.27. The van der Waals surface area contributed by atoms with Gasteiger partial charge in [0, 0.05) is 23.2 Å². The fourth-order valence-electron chi connectivity index (χ4n) is 2.36. The second-order valence-corrected chi connectivity index (χ2v) is 4.58. The van der Waals surface area contributed by atoms with E-state index in [2.05, 4.69) is 4.98 Å². The highest BCUT2D eigenvalue weighted by Gasteiger charge is 2.13. The zero-order valence-electron chi connectivity index (χ0n) is 10.6. The van der Waals surface area contributed by atoms with Gasteiger partial charge < -0.3 is 15.2 Å². The Hall–Kier alpha value is -1.81. The summed E-state index contributed by atoms with van der Waals surface area (Å²) in [6.45, 7) is 4.02. The first-order valence-corrected chi connectivity index (χ1v) is 6.00. The standard InChI is InChI=1S/C14H17NO3/c1-8-6-10(14(17)18)7-12-11(4-3-5-16)9(2)15-13(8)12/h6-7,15-16H,3-5H2,1-2H3,(H,17,18). The van der Waals surface area contributed by atoms with Crippen LogP contribution in [0.3, 0.4) is 0 Å². The number of rotatable bonds is 4. The van der Waals surface area contributed by atoms with Gasteiger partial charge >= 0.3 is 5.97 Å². The molecule has 1 aromatic heterocycles. The molecule has 0 unspecified atom stereocenters. The average molecular weight is 247 g/mol. The second kappa shape index (κ2) is 4.82. The summed E-state index contributed by atoms with van der Waals surface area (Å²) in [6, 6.07) is 3.39. The minimum atomic E-state index is -0.910. The van der Waals surface area contributed by atoms with Crippen LogP contribution in [0.2, 0.25) is 0 Å². The monoisotopic (exact) mass is 247 g/mol. The number of aryl methyl sites for hydroxylation is 3. The predicted molar refractivity (Wildman–Crippen MR) is 70.1 cm³/mol. The number of carboxylic acids is 1. The van der Waals surface area contributed by atoms with Gasteiger partial charge in [-0.3, -0.25) is 0 Å². The number of benzene rings is 1. The molecule has 0 aliphatic rings. The van der Waals surface area contributed by atoms with Crippen LogP contribution in [0.15, 0.2) is 12.1 Å². The predicted octanol–water partition coefficient (Wildman–Crippen LogP) is 2.41. The molecule has 2 rings (SSSR count). The molecule has 0 radical (unpaired) electrons. The van der Waals surface area contributed by atoms with Crippen molar-refractivity contribution in [2.75, 3.05) is 6.61 Å². The zero-order valence-corrected chi connectivity index (χ0v) is 10.6. The molecule has 4 nitrogen and oxygen atoms in total. The lowest BCUT2D eigenvalue weighted by Gasteiger charge is -2.02. The Morgan fingerprint density at radius 1 is 1.33 bits per heavy atom. The van der Waals surface area contributed by atoms with Crippen molar-refractivity contribution < 1.29 is 15.0 Å². The van der Waals surface area contributed by atoms with Gasteiger partial charge in [0.2, 0.25) is 0 Å². The Labute approximate surface area is 105 Å². The Morgan fingerprint density at radius 3 is 2.67 bits per heavy atom. The van der Waals surface area contributed by atoms with Gasteiger partial charge in [-0.2, -0.15) is 0 Å². The Bertz CT molecular complexity index is 599. The molecule has 1 heterocycles. The zero-order chi connectivity index (χ0) is 13.3. The Kier molecular flexibility index (Phi) is 3.39. The normalized spacial score (nSPS) is 11.1. The molecule has 0 aliphatic heterocycles. The average Bonchev–Trinajstić information content (AvgIpc) is 2.63. The topological polar surface area (TPSA) is 73.3 Å². The van der Waals surface area contributed by atoms with E-state index in [0.29, 0.717) is 12.0 Å². The molecule has 0 spiro atoms. The summed E-state index contributed by atoms with van der Waals surface area (Å²) < 4.78 is 0. The molecule has 96 valence electrons. The molecule has 1 aromatic carbocycles. The van der Waals surface area contributed by atoms with Gasteiger partial charge in [0.1, 0.15) is 0 Å². The van der Waals surface area contributed by atoms with E-state index >= 15 is 0 Å². The largest absolute Gasteiger partial charge is 0.478 e. The molecular weight excluding hydrogens is 230 g/mol. The highest BCUT2D eigenvalue weighted by molar-refractivity contribution is 5.96. The molecule has 3 N–H and O–H groups in total. The number of carbonyl (C=O) groups is 1. The van der Waals surface area contributed by atoms with Gasteiger partial charge in [0.15, 0.2) is 0 Å². The number of carboxylic acid groups (broad SMARTS) is 1. The summed E-state index contributed by atoms with van der Waals surface area (Å²) in [5.74, 6) is -0.910. The molecule has 0 aliphatic carbocycles. The van der Waals surface area contributed by atoms with Crippen molar-refractivity contribution in [1.82, 2.24) is 4.98 Å². The number of nitrogens with one attached hydrogen (secondary N) is 1. The lowest BCUT2D eigenvalue weighted by molar-refractivity contribution is 0.0697. The number of hydrogen-bond donors (Lipinski definition) is 3. The maximum Gasteiger partial charge on any atom is 0.335 e. The van der Waals surface area contributed by atoms with Gasteiger partial charge in [-0.05, 0) is 49.9 Å². The lowest BCUT2D eigenvalue weighted by atomic mass is 10.0. The van der Waals surface area contributed by atoms with E-state index in [1.165, 1.54) is 0 Å². The molecule has 0 bridgehead atoms. The number of aliphatic hydroxyl groups excluding tert-OH is 1. The van der Waals surface area contributed by atoms with E-state index in [9.17, 15) is 4.79 Å². The summed E-state index contributed by atoms with van der Waals surface area (Å²) in [7, 11) is 0. The molecule has 0 fully saturated rings. The molecule has 0 amide bonds. The van der Waals surface area contributed by atoms with Crippen molar-refractivity contribution >= 4 is 16.9 Å². The highest BCUT2D eigenvalue weighted by atomic mass is 16.4. The number of aromatic amines is 1. The van der Waals surface area contributed by atoms with Gasteiger partial charge in [0.25, 0.3) is 0 Å². The summed E-state index contributed by atoms with van der Waals surface area (Å²) >= 11 is 0. The summed E-state index contributed by atoms with van der Waals surface area (Å²) in [6.07, 6.45) is 1.44. The number of H-pyrrole nitrogens is 1. The molecule has 4 heteroatoms. The van der Waals surface area contributed by atoms with Crippen LogP contribution in [-0.4, -0.2) is 27.8 Å². The van der Waals surface area contributed by atoms with Gasteiger partial charge in [-0.25, -0.2) is 4.79 Å². The molecule has 0 saturated heterocycles. The third-order valence-corrected chi connectivity index (χ3v) is 3.26. The molecule has 0 atom stereocenters. The van der Waals surface area contributed by atoms with Crippen molar-refractivity contribution in [1.29, 1.82) is 0 Å². The third-order valence-electron chi connectivity index (χ3n) is 3.26. The maximum atomic E-state index is 11.1. The maximum absolute atomic E-state index is 11.1. The van der Waals surface area contributed by atoms with Gasteiger partial charge in [0.05, 0.1) is 5.56 Å². The number of aromatic carboxylic acids is 1. The van der Waals surface area contributed by atoms with Gasteiger partial charge in [-0.15, -0.1) is 0 Å². The number of hydrogen-bond acceptors (Lipinski definition) is 2. The Morgan fingerprint density at radius 2 is 2.06 bits per heavy atom. The van der Waals surface area contributed by atoms with E-state index in [4.69, 9.17) is 10.2 Å². The van der Waals surface area contributed by atoms with E-state index < -0.39 is 5.97 Å². The van der Waals surface area contributed by atoms with Crippen LogP contribution in [0.25, 0.3) is 10.9 Å². The van der Waals surface area contributed by atoms with Crippen LogP contribution in [0.5, 0.6) is 0 Å². The molecule has 0 saturated carbocycles. The van der Waals surface area contributed by atoms with Crippen LogP contribution in [0, 0.1) is 13.8 Å². The van der Waals surface area contributed by atoms with Crippen molar-refractivity contribution in [2.24, 2.45) is 0 Å². The third kappa shape index (κ3) is 2.11. The van der Waals surface area contributed by atoms with Crippen LogP contribution in [0.4, 0.5) is 0 Å². The number of aliphatic hydroxyl groups is 1. The fraction of sp³-hybridized carbons (Fsp3) is 0.357. The molecule has 2 aromatic rings. The van der Waals surface area contributed by atoms with Crippen molar-refractivity contribution in [3.05, 3.63) is 34.5 Å². The first kappa shape index (κ1) is 12.6. The molecular formula is C14H17NO3. The Balaban J connectivity index is 2.63.